The van der Waals surface area contributed by atoms with E-state index in [1.165, 1.54) is 135 Å². The highest BCUT2D eigenvalue weighted by molar-refractivity contribution is 4.89. The van der Waals surface area contributed by atoms with Gasteiger partial charge in [-0.25, -0.2) is 0 Å². The van der Waals surface area contributed by atoms with Crippen LogP contribution in [0.25, 0.3) is 0 Å². The van der Waals surface area contributed by atoms with Gasteiger partial charge in [-0.05, 0) is 44.6 Å². The van der Waals surface area contributed by atoms with E-state index in [1.54, 1.807) is 0 Å². The molecule has 0 spiro atoms. The number of hydrogen-bond acceptors (Lipinski definition) is 2. The number of rotatable bonds is 20. The fourth-order valence-corrected chi connectivity index (χ4v) is 5.51. The summed E-state index contributed by atoms with van der Waals surface area (Å²) in [5.74, 6) is 0.589. The van der Waals surface area contributed by atoms with Gasteiger partial charge in [-0.2, -0.15) is 0 Å². The zero-order valence-electron chi connectivity index (χ0n) is 22.8. The van der Waals surface area contributed by atoms with Gasteiger partial charge in [0.15, 0.2) is 0 Å². The molecule has 1 saturated carbocycles. The fraction of sp³-hybridized carbons (Fsp3) is 1.00. The molecule has 2 nitrogen and oxygen atoms in total. The Labute approximate surface area is 203 Å². The summed E-state index contributed by atoms with van der Waals surface area (Å²) >= 11 is 0. The molecule has 2 unspecified atom stereocenters. The molecule has 2 atom stereocenters. The third-order valence-corrected chi connectivity index (χ3v) is 7.55. The second kappa shape index (κ2) is 24.1. The lowest BCUT2D eigenvalue weighted by Gasteiger charge is -2.40. The molecule has 0 aromatic carbocycles. The standard InChI is InChI=1S/C18H39N.C12H24O/c1-2-3-4-5-6-7-8-9-10-11-12-13-14-15-16-17-18-19;1-3-7-11-8-5-6-10-12(11,13)9-4-2/h2-19H2,1H3;11,13H,3-10H2,1-2H3. The van der Waals surface area contributed by atoms with E-state index in [-0.39, 0.29) is 5.60 Å². The minimum Gasteiger partial charge on any atom is -0.390 e. The SMILES string of the molecule is CCCC1CCCCC1(O)CCC.CCCCCCCCCCCCCCCCCCN. The van der Waals surface area contributed by atoms with Crippen LogP contribution in [0.15, 0.2) is 0 Å². The van der Waals surface area contributed by atoms with Gasteiger partial charge in [0.2, 0.25) is 0 Å². The first-order valence-electron chi connectivity index (χ1n) is 15.1. The van der Waals surface area contributed by atoms with Crippen LogP contribution >= 0.6 is 0 Å². The molecular weight excluding hydrogens is 390 g/mol. The molecule has 1 rings (SSSR count). The molecule has 0 radical (unpaired) electrons. The maximum Gasteiger partial charge on any atom is 0.0675 e. The molecule has 0 amide bonds. The van der Waals surface area contributed by atoms with E-state index in [0.717, 1.165) is 25.8 Å². The first kappa shape index (κ1) is 31.9. The smallest absolute Gasteiger partial charge is 0.0675 e. The summed E-state index contributed by atoms with van der Waals surface area (Å²) < 4.78 is 0. The first-order valence-corrected chi connectivity index (χ1v) is 15.1. The molecule has 2 heteroatoms. The predicted molar refractivity (Wildman–Crippen MR) is 145 cm³/mol. The molecule has 0 bridgehead atoms. The van der Waals surface area contributed by atoms with Gasteiger partial charge in [0.05, 0.1) is 5.60 Å². The Hall–Kier alpha value is -0.0800. The summed E-state index contributed by atoms with van der Waals surface area (Å²) in [6.45, 7) is 7.56. The molecule has 1 aliphatic rings. The summed E-state index contributed by atoms with van der Waals surface area (Å²) in [5, 5.41) is 10.5. The van der Waals surface area contributed by atoms with Crippen molar-refractivity contribution in [2.75, 3.05) is 6.54 Å². The van der Waals surface area contributed by atoms with E-state index < -0.39 is 0 Å². The third kappa shape index (κ3) is 18.4. The van der Waals surface area contributed by atoms with E-state index in [0.29, 0.717) is 5.92 Å². The predicted octanol–water partition coefficient (Wildman–Crippen LogP) is 9.71. The van der Waals surface area contributed by atoms with E-state index in [4.69, 9.17) is 5.73 Å². The van der Waals surface area contributed by atoms with Crippen LogP contribution in [0.1, 0.15) is 175 Å². The Balaban J connectivity index is 0.000000641. The number of unbranched alkanes of at least 4 members (excludes halogenated alkanes) is 15. The fourth-order valence-electron chi connectivity index (χ4n) is 5.51. The molecule has 1 aliphatic carbocycles. The van der Waals surface area contributed by atoms with E-state index in [2.05, 4.69) is 20.8 Å². The lowest BCUT2D eigenvalue weighted by Crippen LogP contribution is -2.40. The summed E-state index contributed by atoms with van der Waals surface area (Å²) in [5.41, 5.74) is 5.18. The summed E-state index contributed by atoms with van der Waals surface area (Å²) in [7, 11) is 0. The van der Waals surface area contributed by atoms with E-state index in [1.807, 2.05) is 0 Å². The number of hydrogen-bond donors (Lipinski definition) is 2. The zero-order valence-corrected chi connectivity index (χ0v) is 22.8. The van der Waals surface area contributed by atoms with Crippen molar-refractivity contribution >= 4 is 0 Å². The monoisotopic (exact) mass is 453 g/mol. The number of aliphatic hydroxyl groups is 1. The van der Waals surface area contributed by atoms with Crippen molar-refractivity contribution in [2.45, 2.75) is 180 Å². The molecule has 0 aromatic rings. The topological polar surface area (TPSA) is 46.2 Å². The van der Waals surface area contributed by atoms with Crippen LogP contribution in [-0.2, 0) is 0 Å². The Bertz CT molecular complexity index is 337. The van der Waals surface area contributed by atoms with Gasteiger partial charge in [0.25, 0.3) is 0 Å². The van der Waals surface area contributed by atoms with Crippen LogP contribution in [0.2, 0.25) is 0 Å². The molecule has 0 aliphatic heterocycles. The van der Waals surface area contributed by atoms with Gasteiger partial charge >= 0.3 is 0 Å². The maximum absolute atomic E-state index is 10.5. The van der Waals surface area contributed by atoms with Crippen LogP contribution in [-0.4, -0.2) is 17.3 Å². The molecule has 194 valence electrons. The van der Waals surface area contributed by atoms with Crippen molar-refractivity contribution in [3.8, 4) is 0 Å². The number of nitrogens with two attached hydrogens (primary N) is 1. The average molecular weight is 454 g/mol. The molecule has 0 heterocycles. The summed E-state index contributed by atoms with van der Waals surface area (Å²) in [6.07, 6.45) is 32.3. The van der Waals surface area contributed by atoms with E-state index >= 15 is 0 Å². The lowest BCUT2D eigenvalue weighted by molar-refractivity contribution is -0.0585. The van der Waals surface area contributed by atoms with Gasteiger partial charge in [0, 0.05) is 0 Å². The van der Waals surface area contributed by atoms with Crippen molar-refractivity contribution < 1.29 is 5.11 Å². The van der Waals surface area contributed by atoms with Crippen LogP contribution in [0.5, 0.6) is 0 Å². The molecule has 0 saturated heterocycles. The molecule has 32 heavy (non-hydrogen) atoms. The molecule has 1 fully saturated rings. The van der Waals surface area contributed by atoms with Gasteiger partial charge in [-0.3, -0.25) is 0 Å². The van der Waals surface area contributed by atoms with Gasteiger partial charge in [0.1, 0.15) is 0 Å². The Kier molecular flexibility index (Phi) is 24.0. The van der Waals surface area contributed by atoms with Gasteiger partial charge < -0.3 is 10.8 Å². The lowest BCUT2D eigenvalue weighted by atomic mass is 9.71. The Morgan fingerprint density at radius 3 is 1.50 bits per heavy atom. The second-order valence-corrected chi connectivity index (χ2v) is 10.7. The van der Waals surface area contributed by atoms with Crippen molar-refractivity contribution in [1.82, 2.24) is 0 Å². The Morgan fingerprint density at radius 1 is 0.625 bits per heavy atom. The van der Waals surface area contributed by atoms with Crippen molar-refractivity contribution in [3.05, 3.63) is 0 Å². The second-order valence-electron chi connectivity index (χ2n) is 10.7. The van der Waals surface area contributed by atoms with Crippen LogP contribution in [0, 0.1) is 5.92 Å². The zero-order chi connectivity index (χ0) is 23.8. The van der Waals surface area contributed by atoms with Crippen molar-refractivity contribution in [1.29, 1.82) is 0 Å². The first-order chi connectivity index (χ1) is 15.6. The minimum atomic E-state index is -0.303. The highest BCUT2D eigenvalue weighted by Crippen LogP contribution is 2.39. The largest absolute Gasteiger partial charge is 0.390 e. The third-order valence-electron chi connectivity index (χ3n) is 7.55. The maximum atomic E-state index is 10.5. The average Bonchev–Trinajstić information content (AvgIpc) is 2.79. The summed E-state index contributed by atoms with van der Waals surface area (Å²) in [4.78, 5) is 0. The van der Waals surface area contributed by atoms with Gasteiger partial charge in [-0.1, -0.05) is 143 Å². The Morgan fingerprint density at radius 2 is 1.09 bits per heavy atom. The van der Waals surface area contributed by atoms with Gasteiger partial charge in [-0.15, -0.1) is 0 Å². The van der Waals surface area contributed by atoms with Crippen LogP contribution in [0.3, 0.4) is 0 Å². The highest BCUT2D eigenvalue weighted by atomic mass is 16.3. The highest BCUT2D eigenvalue weighted by Gasteiger charge is 2.36. The van der Waals surface area contributed by atoms with Crippen molar-refractivity contribution in [2.24, 2.45) is 11.7 Å². The molecule has 3 N–H and O–H groups in total. The molecular formula is C30H63NO. The minimum absolute atomic E-state index is 0.303. The quantitative estimate of drug-likeness (QED) is 0.180. The van der Waals surface area contributed by atoms with Crippen LogP contribution < -0.4 is 5.73 Å². The van der Waals surface area contributed by atoms with Crippen molar-refractivity contribution in [3.63, 3.8) is 0 Å². The van der Waals surface area contributed by atoms with Crippen LogP contribution in [0.4, 0.5) is 0 Å². The summed E-state index contributed by atoms with van der Waals surface area (Å²) in [6, 6.07) is 0. The molecule has 0 aromatic heterocycles. The normalized spacial score (nSPS) is 20.7. The van der Waals surface area contributed by atoms with E-state index in [9.17, 15) is 5.11 Å².